The van der Waals surface area contributed by atoms with Gasteiger partial charge in [0.15, 0.2) is 17.2 Å². The first-order valence-electron chi connectivity index (χ1n) is 10.3. The van der Waals surface area contributed by atoms with Crippen molar-refractivity contribution in [2.24, 2.45) is 5.92 Å². The molecule has 4 fully saturated rings. The second kappa shape index (κ2) is 7.38. The van der Waals surface area contributed by atoms with Gasteiger partial charge in [-0.1, -0.05) is 0 Å². The molecule has 3 amide bonds. The van der Waals surface area contributed by atoms with Gasteiger partial charge in [-0.3, -0.25) is 4.90 Å². The Labute approximate surface area is 181 Å². The molecule has 3 saturated heterocycles. The van der Waals surface area contributed by atoms with E-state index in [1.165, 1.54) is 7.11 Å². The molecule has 12 heteroatoms. The van der Waals surface area contributed by atoms with Gasteiger partial charge in [-0.05, 0) is 12.8 Å². The normalized spacial score (nSPS) is 28.8. The lowest BCUT2D eigenvalue weighted by Gasteiger charge is -2.27. The summed E-state index contributed by atoms with van der Waals surface area (Å²) in [5, 5.41) is 5.17. The topological polar surface area (TPSA) is 109 Å². The van der Waals surface area contributed by atoms with E-state index >= 15 is 8.78 Å². The number of amides is 3. The molecule has 2 N–H and O–H groups in total. The average molecular weight is 452 g/mol. The maximum absolute atomic E-state index is 15.1. The van der Waals surface area contributed by atoms with Crippen LogP contribution in [0.3, 0.4) is 0 Å². The van der Waals surface area contributed by atoms with Gasteiger partial charge in [0.05, 0.1) is 38.5 Å². The number of ether oxygens (including phenoxy) is 3. The van der Waals surface area contributed by atoms with Crippen molar-refractivity contribution in [3.8, 4) is 0 Å². The molecule has 1 aliphatic carbocycles. The quantitative estimate of drug-likeness (QED) is 0.655. The molecular formula is C20H22F2N4O6. The first kappa shape index (κ1) is 20.6. The second-order valence-electron chi connectivity index (χ2n) is 8.44. The van der Waals surface area contributed by atoms with Gasteiger partial charge in [0.1, 0.15) is 11.8 Å². The van der Waals surface area contributed by atoms with Crippen LogP contribution in [0.5, 0.6) is 0 Å². The summed E-state index contributed by atoms with van der Waals surface area (Å²) < 4.78 is 45.3. The Hall–Kier alpha value is -3.31. The number of carbonyl (C=O) groups excluding carboxylic acids is 3. The van der Waals surface area contributed by atoms with Crippen molar-refractivity contribution in [1.82, 2.24) is 10.6 Å². The summed E-state index contributed by atoms with van der Waals surface area (Å²) in [6.45, 7) is 0.434. The molecule has 0 bridgehead atoms. The molecule has 0 radical (unpaired) electrons. The van der Waals surface area contributed by atoms with Crippen LogP contribution in [0.25, 0.3) is 0 Å². The lowest BCUT2D eigenvalue weighted by Crippen LogP contribution is -2.44. The second-order valence-corrected chi connectivity index (χ2v) is 8.44. The van der Waals surface area contributed by atoms with E-state index < -0.39 is 41.6 Å². The highest BCUT2D eigenvalue weighted by Crippen LogP contribution is 2.50. The van der Waals surface area contributed by atoms with Gasteiger partial charge in [0.2, 0.25) is 0 Å². The molecule has 3 atom stereocenters. The van der Waals surface area contributed by atoms with E-state index in [4.69, 9.17) is 9.47 Å². The lowest BCUT2D eigenvalue weighted by molar-refractivity contribution is 0.0417. The van der Waals surface area contributed by atoms with Crippen LogP contribution in [0.2, 0.25) is 0 Å². The van der Waals surface area contributed by atoms with Crippen LogP contribution < -0.4 is 20.4 Å². The minimum Gasteiger partial charge on any atom is -0.453 e. The molecular weight excluding hydrogens is 430 g/mol. The number of hydrogen-bond acceptors (Lipinski definition) is 7. The summed E-state index contributed by atoms with van der Waals surface area (Å²) in [6.07, 6.45) is -0.822. The third kappa shape index (κ3) is 3.33. The van der Waals surface area contributed by atoms with Crippen molar-refractivity contribution in [2.75, 3.05) is 43.1 Å². The molecule has 172 valence electrons. The molecule has 3 aliphatic heterocycles. The molecule has 3 heterocycles. The number of alkyl carbamates (subject to hydrolysis) is 2. The Balaban J connectivity index is 1.33. The van der Waals surface area contributed by atoms with Gasteiger partial charge in [-0.25, -0.2) is 23.2 Å². The SMILES string of the molecule is COC(=O)NC[C@H]1CN(c2cc(F)c(N3C[C@H]4NC(=O)O[C@@]4(C4CC4)C3)c(F)c2)C(=O)O1. The Morgan fingerprint density at radius 1 is 1.28 bits per heavy atom. The Kier molecular flexibility index (Phi) is 4.75. The molecule has 1 saturated carbocycles. The third-order valence-corrected chi connectivity index (χ3v) is 6.44. The Morgan fingerprint density at radius 2 is 2.00 bits per heavy atom. The van der Waals surface area contributed by atoms with Gasteiger partial charge in [0.25, 0.3) is 0 Å². The van der Waals surface area contributed by atoms with Gasteiger partial charge in [-0.2, -0.15) is 0 Å². The van der Waals surface area contributed by atoms with Crippen LogP contribution in [0.15, 0.2) is 12.1 Å². The Bertz CT molecular complexity index is 966. The van der Waals surface area contributed by atoms with Crippen LogP contribution in [0.4, 0.5) is 34.5 Å². The maximum atomic E-state index is 15.1. The lowest BCUT2D eigenvalue weighted by atomic mass is 9.93. The molecule has 1 aromatic rings. The van der Waals surface area contributed by atoms with Crippen LogP contribution in [0.1, 0.15) is 12.8 Å². The number of halogens is 2. The van der Waals surface area contributed by atoms with E-state index in [9.17, 15) is 14.4 Å². The summed E-state index contributed by atoms with van der Waals surface area (Å²) in [6, 6.07) is 1.82. The van der Waals surface area contributed by atoms with Crippen molar-refractivity contribution in [3.05, 3.63) is 23.8 Å². The van der Waals surface area contributed by atoms with Crippen molar-refractivity contribution >= 4 is 29.7 Å². The number of benzene rings is 1. The van der Waals surface area contributed by atoms with E-state index in [-0.39, 0.29) is 49.5 Å². The first-order chi connectivity index (χ1) is 15.3. The fourth-order valence-corrected chi connectivity index (χ4v) is 4.82. The number of anilines is 2. The highest BCUT2D eigenvalue weighted by Gasteiger charge is 2.62. The average Bonchev–Trinajstić information content (AvgIpc) is 3.35. The molecule has 1 aromatic carbocycles. The maximum Gasteiger partial charge on any atom is 0.414 e. The highest BCUT2D eigenvalue weighted by atomic mass is 19.1. The smallest absolute Gasteiger partial charge is 0.414 e. The largest absolute Gasteiger partial charge is 0.453 e. The summed E-state index contributed by atoms with van der Waals surface area (Å²) >= 11 is 0. The number of cyclic esters (lactones) is 1. The van der Waals surface area contributed by atoms with Crippen LogP contribution >= 0.6 is 0 Å². The number of rotatable bonds is 5. The van der Waals surface area contributed by atoms with Gasteiger partial charge < -0.3 is 29.7 Å². The predicted molar refractivity (Wildman–Crippen MR) is 105 cm³/mol. The Morgan fingerprint density at radius 3 is 2.66 bits per heavy atom. The number of carbonyl (C=O) groups is 3. The van der Waals surface area contributed by atoms with E-state index in [1.807, 2.05) is 0 Å². The molecule has 10 nitrogen and oxygen atoms in total. The number of fused-ring (bicyclic) bond motifs is 1. The number of methoxy groups -OCH3 is 1. The minimum absolute atomic E-state index is 0.00208. The number of nitrogens with zero attached hydrogens (tertiary/aromatic N) is 2. The van der Waals surface area contributed by atoms with E-state index in [0.29, 0.717) is 0 Å². The zero-order valence-corrected chi connectivity index (χ0v) is 17.2. The van der Waals surface area contributed by atoms with E-state index in [1.54, 1.807) is 4.90 Å². The highest BCUT2D eigenvalue weighted by molar-refractivity contribution is 5.90. The van der Waals surface area contributed by atoms with Crippen molar-refractivity contribution in [2.45, 2.75) is 30.6 Å². The molecule has 32 heavy (non-hydrogen) atoms. The zero-order valence-electron chi connectivity index (χ0n) is 17.2. The van der Waals surface area contributed by atoms with Gasteiger partial charge in [-0.15, -0.1) is 0 Å². The predicted octanol–water partition coefficient (Wildman–Crippen LogP) is 1.72. The summed E-state index contributed by atoms with van der Waals surface area (Å²) in [4.78, 5) is 37.8. The third-order valence-electron chi connectivity index (χ3n) is 6.44. The zero-order chi connectivity index (χ0) is 22.6. The summed E-state index contributed by atoms with van der Waals surface area (Å²) in [7, 11) is 1.20. The van der Waals surface area contributed by atoms with Gasteiger partial charge in [0, 0.05) is 24.6 Å². The number of nitrogens with one attached hydrogen (secondary N) is 2. The molecule has 4 aliphatic rings. The monoisotopic (exact) mass is 452 g/mol. The fraction of sp³-hybridized carbons (Fsp3) is 0.550. The molecule has 0 unspecified atom stereocenters. The minimum atomic E-state index is -0.832. The van der Waals surface area contributed by atoms with Gasteiger partial charge >= 0.3 is 18.3 Å². The van der Waals surface area contributed by atoms with Crippen LogP contribution in [-0.4, -0.2) is 69.3 Å². The molecule has 5 rings (SSSR count). The first-order valence-corrected chi connectivity index (χ1v) is 10.3. The standard InChI is InChI=1S/C20H22F2N4O6/c1-30-17(27)23-6-12-7-26(19(29)31-12)11-4-13(21)16(14(22)5-11)25-8-15-20(9-25,10-2-3-10)32-18(28)24-15/h4-5,10,12,15H,2-3,6-9H2,1H3,(H,23,27)(H,24,28)/t12-,15+,20+/m0/s1. The molecule has 0 spiro atoms. The summed E-state index contributed by atoms with van der Waals surface area (Å²) in [5.41, 5.74) is -0.986. The summed E-state index contributed by atoms with van der Waals surface area (Å²) in [5.74, 6) is -1.49. The van der Waals surface area contributed by atoms with E-state index in [2.05, 4.69) is 15.4 Å². The van der Waals surface area contributed by atoms with Crippen LogP contribution in [0, 0.1) is 17.6 Å². The van der Waals surface area contributed by atoms with E-state index in [0.717, 1.165) is 29.9 Å². The van der Waals surface area contributed by atoms with Crippen molar-refractivity contribution < 1.29 is 37.4 Å². The number of hydrogen-bond donors (Lipinski definition) is 2. The van der Waals surface area contributed by atoms with Crippen molar-refractivity contribution in [3.63, 3.8) is 0 Å². The fourth-order valence-electron chi connectivity index (χ4n) is 4.82. The van der Waals surface area contributed by atoms with Crippen molar-refractivity contribution in [1.29, 1.82) is 0 Å². The van der Waals surface area contributed by atoms with Crippen LogP contribution in [-0.2, 0) is 14.2 Å². The molecule has 0 aromatic heterocycles.